The highest BCUT2D eigenvalue weighted by Crippen LogP contribution is 2.14. The molecule has 0 aliphatic heterocycles. The summed E-state index contributed by atoms with van der Waals surface area (Å²) in [4.78, 5) is 38.0. The van der Waals surface area contributed by atoms with Crippen LogP contribution in [0.15, 0.2) is 72.9 Å². The van der Waals surface area contributed by atoms with Gasteiger partial charge in [0.15, 0.2) is 6.10 Å². The van der Waals surface area contributed by atoms with Gasteiger partial charge >= 0.3 is 17.9 Å². The summed E-state index contributed by atoms with van der Waals surface area (Å²) in [6.07, 6.45) is 66.0. The van der Waals surface area contributed by atoms with Crippen molar-refractivity contribution in [1.82, 2.24) is 0 Å². The molecule has 0 aromatic carbocycles. The number of rotatable bonds is 48. The van der Waals surface area contributed by atoms with Gasteiger partial charge in [0.25, 0.3) is 0 Å². The Bertz CT molecular complexity index is 1210. The van der Waals surface area contributed by atoms with Crippen molar-refractivity contribution in [2.24, 2.45) is 0 Å². The van der Waals surface area contributed by atoms with Gasteiger partial charge in [0.2, 0.25) is 0 Å². The lowest BCUT2D eigenvalue weighted by Crippen LogP contribution is -2.30. The number of ether oxygens (including phenoxy) is 3. The average molecular weight is 893 g/mol. The maximum atomic E-state index is 12.8. The number of allylic oxidation sites excluding steroid dienone is 12. The highest BCUT2D eigenvalue weighted by molar-refractivity contribution is 5.71. The zero-order valence-corrected chi connectivity index (χ0v) is 42.0. The van der Waals surface area contributed by atoms with Gasteiger partial charge in [-0.3, -0.25) is 14.4 Å². The minimum absolute atomic E-state index is 0.0999. The van der Waals surface area contributed by atoms with E-state index in [2.05, 4.69) is 93.7 Å². The molecule has 1 atom stereocenters. The van der Waals surface area contributed by atoms with Crippen molar-refractivity contribution in [2.75, 3.05) is 13.2 Å². The van der Waals surface area contributed by atoms with E-state index >= 15 is 0 Å². The standard InChI is InChI=1S/C58H100O6/c1-4-7-10-13-16-19-22-25-27-29-31-33-36-39-42-45-48-51-57(60)63-54-55(53-62-56(59)50-47-44-41-38-35-32-24-21-18-15-12-9-6-3)64-58(61)52-49-46-43-40-37-34-30-28-26-23-20-17-14-11-8-5-2/h16,19,21,24-25,27-28,30-31,33,39,42,55H,4-15,17-18,20,22-23,26,29,32,34-38,40-41,43-54H2,1-3H3/b19-16-,24-21-,27-25-,30-28-,33-31-,42-39-/t55-/m1/s1. The zero-order chi connectivity index (χ0) is 46.5. The molecule has 0 aliphatic carbocycles. The maximum Gasteiger partial charge on any atom is 0.306 e. The lowest BCUT2D eigenvalue weighted by Gasteiger charge is -2.18. The van der Waals surface area contributed by atoms with Crippen LogP contribution in [-0.4, -0.2) is 37.2 Å². The minimum Gasteiger partial charge on any atom is -0.462 e. The number of hydrogen-bond acceptors (Lipinski definition) is 6. The van der Waals surface area contributed by atoms with Crippen LogP contribution in [0.4, 0.5) is 0 Å². The van der Waals surface area contributed by atoms with E-state index in [0.29, 0.717) is 19.3 Å². The van der Waals surface area contributed by atoms with E-state index in [-0.39, 0.29) is 37.5 Å². The molecule has 0 spiro atoms. The monoisotopic (exact) mass is 893 g/mol. The van der Waals surface area contributed by atoms with Gasteiger partial charge in [-0.25, -0.2) is 0 Å². The van der Waals surface area contributed by atoms with E-state index in [1.807, 2.05) is 0 Å². The summed E-state index contributed by atoms with van der Waals surface area (Å²) in [7, 11) is 0. The second-order valence-corrected chi connectivity index (χ2v) is 17.8. The summed E-state index contributed by atoms with van der Waals surface area (Å²) in [5, 5.41) is 0. The minimum atomic E-state index is -0.804. The van der Waals surface area contributed by atoms with Crippen LogP contribution in [0, 0.1) is 0 Å². The summed E-state index contributed by atoms with van der Waals surface area (Å²) in [6.45, 7) is 6.54. The van der Waals surface area contributed by atoms with E-state index in [9.17, 15) is 14.4 Å². The van der Waals surface area contributed by atoms with Crippen molar-refractivity contribution in [3.8, 4) is 0 Å². The van der Waals surface area contributed by atoms with Gasteiger partial charge in [0.05, 0.1) is 0 Å². The van der Waals surface area contributed by atoms with Gasteiger partial charge in [-0.1, -0.05) is 203 Å². The predicted molar refractivity (Wildman–Crippen MR) is 274 cm³/mol. The number of unbranched alkanes of at least 4 members (excludes halogenated alkanes) is 25. The van der Waals surface area contributed by atoms with Crippen LogP contribution in [0.2, 0.25) is 0 Å². The first-order valence-electron chi connectivity index (χ1n) is 26.9. The topological polar surface area (TPSA) is 78.9 Å². The van der Waals surface area contributed by atoms with Gasteiger partial charge in [-0.2, -0.15) is 0 Å². The van der Waals surface area contributed by atoms with Gasteiger partial charge in [-0.05, 0) is 109 Å². The Hall–Kier alpha value is -3.15. The fourth-order valence-corrected chi connectivity index (χ4v) is 7.31. The third-order valence-electron chi connectivity index (χ3n) is 11.4. The molecule has 368 valence electrons. The van der Waals surface area contributed by atoms with Crippen LogP contribution in [0.25, 0.3) is 0 Å². The van der Waals surface area contributed by atoms with E-state index in [4.69, 9.17) is 14.2 Å². The van der Waals surface area contributed by atoms with Crippen molar-refractivity contribution in [2.45, 2.75) is 264 Å². The number of carbonyl (C=O) groups excluding carboxylic acids is 3. The predicted octanol–water partition coefficient (Wildman–Crippen LogP) is 17.8. The largest absolute Gasteiger partial charge is 0.462 e. The SMILES string of the molecule is CCCCC/C=C\C/C=C\C/C=C\C/C=C\CCCC(=O)OC[C@@H](COC(=O)CCCCCCC/C=C\CCCCCC)OC(=O)CCCCCCC/C=C\CCCCCCCCC. The second-order valence-electron chi connectivity index (χ2n) is 17.8. The van der Waals surface area contributed by atoms with Crippen LogP contribution in [-0.2, 0) is 28.6 Å². The van der Waals surface area contributed by atoms with Crippen LogP contribution in [0.1, 0.15) is 258 Å². The first kappa shape index (κ1) is 60.9. The second kappa shape index (κ2) is 52.5. The molecule has 0 amide bonds. The Morgan fingerprint density at radius 3 is 1.00 bits per heavy atom. The van der Waals surface area contributed by atoms with E-state index < -0.39 is 6.10 Å². The Labute approximate surface area is 395 Å². The fraction of sp³-hybridized carbons (Fsp3) is 0.741. The molecule has 0 bridgehead atoms. The van der Waals surface area contributed by atoms with Gasteiger partial charge < -0.3 is 14.2 Å². The highest BCUT2D eigenvalue weighted by atomic mass is 16.6. The summed E-state index contributed by atoms with van der Waals surface area (Å²) in [5.41, 5.74) is 0. The van der Waals surface area contributed by atoms with Crippen molar-refractivity contribution in [3.63, 3.8) is 0 Å². The molecule has 0 N–H and O–H groups in total. The number of hydrogen-bond donors (Lipinski definition) is 0. The molecule has 0 rings (SSSR count). The van der Waals surface area contributed by atoms with Crippen LogP contribution in [0.3, 0.4) is 0 Å². The normalized spacial score (nSPS) is 12.6. The smallest absolute Gasteiger partial charge is 0.306 e. The van der Waals surface area contributed by atoms with Crippen LogP contribution in [0.5, 0.6) is 0 Å². The third-order valence-corrected chi connectivity index (χ3v) is 11.4. The number of esters is 3. The molecule has 64 heavy (non-hydrogen) atoms. The van der Waals surface area contributed by atoms with Gasteiger partial charge in [0, 0.05) is 19.3 Å². The molecule has 0 aliphatic rings. The van der Waals surface area contributed by atoms with E-state index in [1.54, 1.807) is 0 Å². The highest BCUT2D eigenvalue weighted by Gasteiger charge is 2.19. The molecule has 0 unspecified atom stereocenters. The van der Waals surface area contributed by atoms with E-state index in [1.165, 1.54) is 128 Å². The Morgan fingerprint density at radius 2 is 0.578 bits per heavy atom. The summed E-state index contributed by atoms with van der Waals surface area (Å²) >= 11 is 0. The van der Waals surface area contributed by atoms with Gasteiger partial charge in [0.1, 0.15) is 13.2 Å². The zero-order valence-electron chi connectivity index (χ0n) is 42.0. The molecule has 0 saturated carbocycles. The summed E-state index contributed by atoms with van der Waals surface area (Å²) in [6, 6.07) is 0. The Morgan fingerprint density at radius 1 is 0.312 bits per heavy atom. The quantitative estimate of drug-likeness (QED) is 0.0262. The van der Waals surface area contributed by atoms with Crippen LogP contribution < -0.4 is 0 Å². The van der Waals surface area contributed by atoms with E-state index in [0.717, 1.165) is 83.5 Å². The summed E-state index contributed by atoms with van der Waals surface area (Å²) < 4.78 is 16.8. The molecular formula is C58H100O6. The third kappa shape index (κ3) is 49.9. The Kier molecular flexibility index (Phi) is 49.9. The van der Waals surface area contributed by atoms with Gasteiger partial charge in [-0.15, -0.1) is 0 Å². The van der Waals surface area contributed by atoms with Crippen molar-refractivity contribution >= 4 is 17.9 Å². The van der Waals surface area contributed by atoms with Crippen molar-refractivity contribution in [1.29, 1.82) is 0 Å². The Balaban J connectivity index is 4.49. The first-order valence-corrected chi connectivity index (χ1v) is 26.9. The molecular weight excluding hydrogens is 793 g/mol. The molecule has 0 heterocycles. The number of carbonyl (C=O) groups is 3. The summed E-state index contributed by atoms with van der Waals surface area (Å²) in [5.74, 6) is -0.972. The molecule has 6 nitrogen and oxygen atoms in total. The molecule has 0 radical (unpaired) electrons. The molecule has 0 fully saturated rings. The van der Waals surface area contributed by atoms with Crippen LogP contribution >= 0.6 is 0 Å². The lowest BCUT2D eigenvalue weighted by atomic mass is 10.1. The molecule has 6 heteroatoms. The molecule has 0 aromatic rings. The van der Waals surface area contributed by atoms with Crippen molar-refractivity contribution < 1.29 is 28.6 Å². The molecule has 0 saturated heterocycles. The molecule has 0 aromatic heterocycles. The first-order chi connectivity index (χ1) is 31.5. The lowest BCUT2D eigenvalue weighted by molar-refractivity contribution is -0.167. The maximum absolute atomic E-state index is 12.8. The van der Waals surface area contributed by atoms with Crippen molar-refractivity contribution in [3.05, 3.63) is 72.9 Å². The fourth-order valence-electron chi connectivity index (χ4n) is 7.31. The average Bonchev–Trinajstić information content (AvgIpc) is 3.29.